The number of aliphatic hydroxyl groups is 1. The maximum atomic E-state index is 13.1. The third-order valence-electron chi connectivity index (χ3n) is 20.0. The fourth-order valence-corrected chi connectivity index (χ4v) is 14.8. The second-order valence-corrected chi connectivity index (χ2v) is 34.4. The van der Waals surface area contributed by atoms with Crippen LogP contribution in [-0.2, 0) is 65.4 Å². The molecule has 0 amide bonds. The predicted octanol–water partition coefficient (Wildman–Crippen LogP) is 25.8. The van der Waals surface area contributed by atoms with Crippen LogP contribution in [0.15, 0.2) is 0 Å². The Bertz CT molecular complexity index is 1990. The summed E-state index contributed by atoms with van der Waals surface area (Å²) in [5, 5.41) is 10.7. The van der Waals surface area contributed by atoms with Crippen LogP contribution in [0.3, 0.4) is 0 Å². The van der Waals surface area contributed by atoms with Gasteiger partial charge in [0.15, 0.2) is 12.2 Å². The van der Waals surface area contributed by atoms with Crippen molar-refractivity contribution >= 4 is 39.5 Å². The summed E-state index contributed by atoms with van der Waals surface area (Å²) in [6.45, 7) is 9.67. The lowest BCUT2D eigenvalue weighted by Crippen LogP contribution is -2.30. The third-order valence-corrected chi connectivity index (χ3v) is 21.9. The van der Waals surface area contributed by atoms with Crippen LogP contribution < -0.4 is 0 Å². The number of phosphoric acid groups is 2. The van der Waals surface area contributed by atoms with E-state index in [9.17, 15) is 43.2 Å². The van der Waals surface area contributed by atoms with Crippen molar-refractivity contribution < 1.29 is 80.2 Å². The van der Waals surface area contributed by atoms with Crippen molar-refractivity contribution in [2.24, 2.45) is 11.8 Å². The molecular weight excluding hydrogens is 1350 g/mol. The van der Waals surface area contributed by atoms with Gasteiger partial charge >= 0.3 is 39.5 Å². The molecule has 0 bridgehead atoms. The van der Waals surface area contributed by atoms with Crippen LogP contribution >= 0.6 is 15.6 Å². The topological polar surface area (TPSA) is 237 Å². The average molecular weight is 1520 g/mol. The van der Waals surface area contributed by atoms with Gasteiger partial charge < -0.3 is 33.8 Å². The molecular formula is C85H166O17P2. The minimum atomic E-state index is -4.96. The number of hydrogen-bond acceptors (Lipinski definition) is 15. The smallest absolute Gasteiger partial charge is 0.462 e. The minimum Gasteiger partial charge on any atom is -0.462 e. The average Bonchev–Trinajstić information content (AvgIpc) is 0.906. The Kier molecular flexibility index (Phi) is 75.0. The van der Waals surface area contributed by atoms with Crippen molar-refractivity contribution in [3.8, 4) is 0 Å². The molecule has 0 saturated heterocycles. The summed E-state index contributed by atoms with van der Waals surface area (Å²) in [6, 6.07) is 0. The van der Waals surface area contributed by atoms with Gasteiger partial charge in [0.1, 0.15) is 19.3 Å². The van der Waals surface area contributed by atoms with Gasteiger partial charge in [-0.1, -0.05) is 401 Å². The number of ether oxygens (including phenoxy) is 4. The molecule has 0 aliphatic rings. The molecule has 0 aliphatic heterocycles. The monoisotopic (exact) mass is 1520 g/mol. The van der Waals surface area contributed by atoms with Crippen molar-refractivity contribution in [2.45, 2.75) is 471 Å². The molecule has 0 spiro atoms. The Morgan fingerprint density at radius 2 is 0.442 bits per heavy atom. The van der Waals surface area contributed by atoms with Crippen molar-refractivity contribution in [1.29, 1.82) is 0 Å². The van der Waals surface area contributed by atoms with E-state index in [2.05, 4.69) is 41.5 Å². The summed E-state index contributed by atoms with van der Waals surface area (Å²) >= 11 is 0. The molecule has 0 radical (unpaired) electrons. The molecule has 0 aliphatic carbocycles. The van der Waals surface area contributed by atoms with Gasteiger partial charge in [-0.25, -0.2) is 9.13 Å². The number of carbonyl (C=O) groups is 4. The molecule has 0 heterocycles. The van der Waals surface area contributed by atoms with Crippen molar-refractivity contribution in [3.63, 3.8) is 0 Å². The molecule has 0 fully saturated rings. The zero-order valence-electron chi connectivity index (χ0n) is 68.3. The quantitative estimate of drug-likeness (QED) is 0.0222. The summed E-state index contributed by atoms with van der Waals surface area (Å²) < 4.78 is 68.9. The molecule has 618 valence electrons. The normalized spacial score (nSPS) is 13.8. The first-order valence-corrected chi connectivity index (χ1v) is 47.0. The van der Waals surface area contributed by atoms with Gasteiger partial charge in [-0.3, -0.25) is 37.3 Å². The van der Waals surface area contributed by atoms with Crippen LogP contribution in [-0.4, -0.2) is 96.7 Å². The van der Waals surface area contributed by atoms with Crippen LogP contribution in [0.2, 0.25) is 0 Å². The first kappa shape index (κ1) is 102. The minimum absolute atomic E-state index is 0.107. The molecule has 0 rings (SSSR count). The maximum absolute atomic E-state index is 13.1. The highest BCUT2D eigenvalue weighted by Crippen LogP contribution is 2.45. The number of hydrogen-bond donors (Lipinski definition) is 3. The van der Waals surface area contributed by atoms with Crippen LogP contribution in [0, 0.1) is 11.8 Å². The molecule has 19 heteroatoms. The van der Waals surface area contributed by atoms with E-state index in [-0.39, 0.29) is 25.7 Å². The van der Waals surface area contributed by atoms with E-state index >= 15 is 0 Å². The highest BCUT2D eigenvalue weighted by molar-refractivity contribution is 7.47. The summed E-state index contributed by atoms with van der Waals surface area (Å²) in [5.41, 5.74) is 0. The largest absolute Gasteiger partial charge is 0.472 e. The van der Waals surface area contributed by atoms with Gasteiger partial charge in [0.05, 0.1) is 26.4 Å². The molecule has 17 nitrogen and oxygen atoms in total. The van der Waals surface area contributed by atoms with Gasteiger partial charge in [0.2, 0.25) is 0 Å². The van der Waals surface area contributed by atoms with Crippen molar-refractivity contribution in [3.05, 3.63) is 0 Å². The van der Waals surface area contributed by atoms with Crippen LogP contribution in [0.4, 0.5) is 0 Å². The highest BCUT2D eigenvalue weighted by atomic mass is 31.2. The van der Waals surface area contributed by atoms with Crippen LogP contribution in [0.5, 0.6) is 0 Å². The second-order valence-electron chi connectivity index (χ2n) is 31.5. The van der Waals surface area contributed by atoms with E-state index in [1.165, 1.54) is 270 Å². The lowest BCUT2D eigenvalue weighted by Gasteiger charge is -2.21. The Balaban J connectivity index is 5.26. The molecule has 3 N–H and O–H groups in total. The molecule has 0 saturated carbocycles. The molecule has 104 heavy (non-hydrogen) atoms. The van der Waals surface area contributed by atoms with E-state index < -0.39 is 97.5 Å². The Morgan fingerprint density at radius 1 is 0.260 bits per heavy atom. The summed E-state index contributed by atoms with van der Waals surface area (Å²) in [4.78, 5) is 73.2. The van der Waals surface area contributed by atoms with Crippen molar-refractivity contribution in [1.82, 2.24) is 0 Å². The van der Waals surface area contributed by atoms with Gasteiger partial charge in [0.25, 0.3) is 0 Å². The molecule has 0 aromatic carbocycles. The van der Waals surface area contributed by atoms with Crippen molar-refractivity contribution in [2.75, 3.05) is 39.6 Å². The predicted molar refractivity (Wildman–Crippen MR) is 428 cm³/mol. The first-order valence-electron chi connectivity index (χ1n) is 44.0. The van der Waals surface area contributed by atoms with Gasteiger partial charge in [-0.2, -0.15) is 0 Å². The standard InChI is InChI=1S/C85H166O17P2/c1-7-9-11-13-15-17-19-21-23-25-27-29-33-37-43-49-55-61-67-82(87)95-73-80(101-84(89)69-63-57-51-44-38-34-30-28-26-24-22-20-18-16-14-12-10-8-2)75-99-103(91,92)97-71-79(86)72-98-104(93,94)100-76-81(74-96-83(88)68-62-56-50-46-40-42-48-54-60-66-78(5)6)102-85(90)70-64-58-52-45-39-35-31-32-36-41-47-53-59-65-77(3)4/h77-81,86H,7-76H2,1-6H3,(H,91,92)(H,93,94)/t79-,80-,81-/m1/s1. The van der Waals surface area contributed by atoms with Gasteiger partial charge in [-0.05, 0) is 37.5 Å². The van der Waals surface area contributed by atoms with E-state index in [1.54, 1.807) is 0 Å². The number of rotatable bonds is 84. The zero-order chi connectivity index (χ0) is 76.4. The summed E-state index contributed by atoms with van der Waals surface area (Å²) in [7, 11) is -9.93. The fourth-order valence-electron chi connectivity index (χ4n) is 13.2. The summed E-state index contributed by atoms with van der Waals surface area (Å²) in [5.74, 6) is -0.572. The van der Waals surface area contributed by atoms with E-state index in [1.807, 2.05) is 0 Å². The Hall–Kier alpha value is -1.94. The van der Waals surface area contributed by atoms with Crippen LogP contribution in [0.25, 0.3) is 0 Å². The first-order chi connectivity index (χ1) is 50.4. The van der Waals surface area contributed by atoms with E-state index in [4.69, 9.17) is 37.0 Å². The number of esters is 4. The zero-order valence-corrected chi connectivity index (χ0v) is 70.1. The molecule has 0 aromatic rings. The SMILES string of the molecule is CCCCCCCCCCCCCCCCCCCCC(=O)OC[C@H](COP(=O)(O)OC[C@@H](O)COP(=O)(O)OC[C@@H](COC(=O)CCCCCCCCCCCC(C)C)OC(=O)CCCCCCCCCCCCCCCC(C)C)OC(=O)CCCCCCCCCCCCCCCCCCCC. The molecule has 0 aromatic heterocycles. The number of phosphoric ester groups is 2. The van der Waals surface area contributed by atoms with E-state index in [0.29, 0.717) is 25.7 Å². The van der Waals surface area contributed by atoms with Gasteiger partial charge in [-0.15, -0.1) is 0 Å². The fraction of sp³-hybridized carbons (Fsp3) is 0.953. The Labute approximate surface area is 638 Å². The molecule has 5 atom stereocenters. The second kappa shape index (κ2) is 76.4. The lowest BCUT2D eigenvalue weighted by molar-refractivity contribution is -0.161. The third kappa shape index (κ3) is 78.2. The maximum Gasteiger partial charge on any atom is 0.472 e. The number of carbonyl (C=O) groups excluding carboxylic acids is 4. The highest BCUT2D eigenvalue weighted by Gasteiger charge is 2.30. The molecule has 2 unspecified atom stereocenters. The van der Waals surface area contributed by atoms with Crippen LogP contribution in [0.1, 0.15) is 452 Å². The lowest BCUT2D eigenvalue weighted by atomic mass is 10.0. The summed E-state index contributed by atoms with van der Waals surface area (Å²) in [6.07, 6.45) is 68.0. The van der Waals surface area contributed by atoms with Gasteiger partial charge in [0, 0.05) is 25.7 Å². The number of unbranched alkanes of at least 4 members (excludes halogenated alkanes) is 54. The number of aliphatic hydroxyl groups excluding tert-OH is 1. The van der Waals surface area contributed by atoms with E-state index in [0.717, 1.165) is 102 Å². The Morgan fingerprint density at radius 3 is 0.654 bits per heavy atom.